The number of hydrogen-bond acceptors (Lipinski definition) is 4. The second-order valence-electron chi connectivity index (χ2n) is 2.93. The minimum Gasteiger partial charge on any atom is -0.452 e. The van der Waals surface area contributed by atoms with E-state index in [1.807, 2.05) is 0 Å². The Bertz CT molecular complexity index is 277. The summed E-state index contributed by atoms with van der Waals surface area (Å²) in [5, 5.41) is 2.26. The monoisotopic (exact) mass is 200 g/mol. The van der Waals surface area contributed by atoms with E-state index < -0.39 is 17.8 Å². The number of methoxy groups -OCH3 is 1. The van der Waals surface area contributed by atoms with Gasteiger partial charge in [0.25, 0.3) is 0 Å². The molecule has 0 unspecified atom stereocenters. The Balaban J connectivity index is 2.73. The van der Waals surface area contributed by atoms with Crippen LogP contribution in [-0.4, -0.2) is 48.0 Å². The molecule has 1 saturated heterocycles. The Kier molecular flexibility index (Phi) is 3.06. The molecule has 6 nitrogen and oxygen atoms in total. The highest BCUT2D eigenvalue weighted by Crippen LogP contribution is 2.11. The number of ketones is 1. The summed E-state index contributed by atoms with van der Waals surface area (Å²) in [5.74, 6) is -1.26. The van der Waals surface area contributed by atoms with Gasteiger partial charge in [-0.1, -0.05) is 0 Å². The van der Waals surface area contributed by atoms with Crippen molar-refractivity contribution in [3.63, 3.8) is 0 Å². The van der Waals surface area contributed by atoms with Crippen LogP contribution in [0.1, 0.15) is 13.3 Å². The van der Waals surface area contributed by atoms with Gasteiger partial charge in [0.1, 0.15) is 0 Å². The first-order valence-electron chi connectivity index (χ1n) is 4.25. The fourth-order valence-corrected chi connectivity index (χ4v) is 1.30. The van der Waals surface area contributed by atoms with Gasteiger partial charge in [-0.2, -0.15) is 0 Å². The molecule has 0 radical (unpaired) electrons. The molecule has 0 aromatic carbocycles. The molecule has 78 valence electrons. The third-order valence-electron chi connectivity index (χ3n) is 1.95. The molecule has 1 heterocycles. The Labute approximate surface area is 81.4 Å². The van der Waals surface area contributed by atoms with Gasteiger partial charge < -0.3 is 4.74 Å². The molecule has 6 heteroatoms. The molecule has 2 amide bonds. The summed E-state index contributed by atoms with van der Waals surface area (Å²) in [7, 11) is 1.23. The Hall–Kier alpha value is -1.59. The minimum absolute atomic E-state index is 0.382. The third-order valence-corrected chi connectivity index (χ3v) is 1.95. The molecule has 0 spiro atoms. The van der Waals surface area contributed by atoms with Crippen LogP contribution < -0.4 is 0 Å². The van der Waals surface area contributed by atoms with Crippen molar-refractivity contribution in [2.24, 2.45) is 0 Å². The number of carbonyl (C=O) groups excluding carboxylic acids is 3. The summed E-state index contributed by atoms with van der Waals surface area (Å²) in [6.45, 7) is 1.97. The summed E-state index contributed by atoms with van der Waals surface area (Å²) in [5.41, 5.74) is 0. The minimum atomic E-state index is -0.673. The molecule has 0 aromatic rings. The zero-order valence-corrected chi connectivity index (χ0v) is 8.15. The summed E-state index contributed by atoms with van der Waals surface area (Å²) < 4.78 is 4.48. The van der Waals surface area contributed by atoms with E-state index in [1.165, 1.54) is 14.0 Å². The second kappa shape index (κ2) is 4.08. The van der Waals surface area contributed by atoms with E-state index in [0.717, 1.165) is 10.0 Å². The normalized spacial score (nSPS) is 15.6. The van der Waals surface area contributed by atoms with Gasteiger partial charge in [-0.15, -0.1) is 0 Å². The van der Waals surface area contributed by atoms with Crippen molar-refractivity contribution in [1.82, 2.24) is 10.0 Å². The molecular weight excluding hydrogens is 188 g/mol. The first-order chi connectivity index (χ1) is 6.57. The van der Waals surface area contributed by atoms with Gasteiger partial charge >= 0.3 is 12.0 Å². The molecule has 1 fully saturated rings. The predicted molar refractivity (Wildman–Crippen MR) is 46.1 cm³/mol. The van der Waals surface area contributed by atoms with Gasteiger partial charge in [-0.3, -0.25) is 9.59 Å². The number of rotatable bonds is 1. The SMILES string of the molecule is COC(=O)N1CCCN1C(=O)C(C)=O. The number of Topliss-reactive ketones (excluding diaryl/α,β-unsaturated/α-hetero) is 1. The van der Waals surface area contributed by atoms with Crippen molar-refractivity contribution >= 4 is 17.8 Å². The zero-order chi connectivity index (χ0) is 10.7. The summed E-state index contributed by atoms with van der Waals surface area (Å²) in [4.78, 5) is 33.3. The molecule has 0 saturated carbocycles. The van der Waals surface area contributed by atoms with E-state index in [4.69, 9.17) is 0 Å². The summed E-state index contributed by atoms with van der Waals surface area (Å²) in [6, 6.07) is 0. The maximum Gasteiger partial charge on any atom is 0.428 e. The second-order valence-corrected chi connectivity index (χ2v) is 2.93. The Morgan fingerprint density at radius 3 is 2.21 bits per heavy atom. The van der Waals surface area contributed by atoms with Crippen LogP contribution in [0.5, 0.6) is 0 Å². The van der Waals surface area contributed by atoms with E-state index >= 15 is 0 Å². The average Bonchev–Trinajstić information content (AvgIpc) is 2.63. The lowest BCUT2D eigenvalue weighted by Gasteiger charge is -2.25. The number of hydrazine groups is 1. The van der Waals surface area contributed by atoms with Crippen LogP contribution in [0.15, 0.2) is 0 Å². The molecule has 1 aliphatic heterocycles. The van der Waals surface area contributed by atoms with E-state index in [2.05, 4.69) is 4.74 Å². The number of carbonyl (C=O) groups is 3. The molecular formula is C8H12N2O4. The molecule has 0 N–H and O–H groups in total. The molecule has 14 heavy (non-hydrogen) atoms. The molecule has 0 aromatic heterocycles. The van der Waals surface area contributed by atoms with Crippen LogP contribution in [0, 0.1) is 0 Å². The van der Waals surface area contributed by atoms with Crippen molar-refractivity contribution in [1.29, 1.82) is 0 Å². The Morgan fingerprint density at radius 2 is 1.71 bits per heavy atom. The van der Waals surface area contributed by atoms with Crippen molar-refractivity contribution in [2.75, 3.05) is 20.2 Å². The summed E-state index contributed by atoms with van der Waals surface area (Å²) in [6.07, 6.45) is 0.0470. The van der Waals surface area contributed by atoms with Gasteiger partial charge in [0, 0.05) is 20.0 Å². The van der Waals surface area contributed by atoms with Crippen LogP contribution in [-0.2, 0) is 14.3 Å². The van der Waals surface area contributed by atoms with Gasteiger partial charge in [-0.05, 0) is 6.42 Å². The number of nitrogens with zero attached hydrogens (tertiary/aromatic N) is 2. The van der Waals surface area contributed by atoms with Crippen molar-refractivity contribution in [2.45, 2.75) is 13.3 Å². The summed E-state index contributed by atoms with van der Waals surface area (Å²) >= 11 is 0. The molecule has 0 aliphatic carbocycles. The fourth-order valence-electron chi connectivity index (χ4n) is 1.30. The first-order valence-corrected chi connectivity index (χ1v) is 4.25. The van der Waals surface area contributed by atoms with E-state index in [0.29, 0.717) is 19.5 Å². The molecule has 0 atom stereocenters. The zero-order valence-electron chi connectivity index (χ0n) is 8.15. The van der Waals surface area contributed by atoms with E-state index in [1.54, 1.807) is 0 Å². The van der Waals surface area contributed by atoms with Crippen LogP contribution in [0.25, 0.3) is 0 Å². The quantitative estimate of drug-likeness (QED) is 0.549. The molecule has 0 bridgehead atoms. The largest absolute Gasteiger partial charge is 0.452 e. The highest BCUT2D eigenvalue weighted by Gasteiger charge is 2.32. The van der Waals surface area contributed by atoms with Crippen molar-refractivity contribution < 1.29 is 19.1 Å². The van der Waals surface area contributed by atoms with Crippen molar-refractivity contribution in [3.8, 4) is 0 Å². The number of amides is 2. The van der Waals surface area contributed by atoms with Gasteiger partial charge in [0.05, 0.1) is 7.11 Å². The highest BCUT2D eigenvalue weighted by atomic mass is 16.5. The van der Waals surface area contributed by atoms with Gasteiger partial charge in [0.15, 0.2) is 0 Å². The first kappa shape index (κ1) is 10.5. The lowest BCUT2D eigenvalue weighted by Crippen LogP contribution is -2.46. The standard InChI is InChI=1S/C8H12N2O4/c1-6(11)7(12)9-4-3-5-10(9)8(13)14-2/h3-5H2,1-2H3. The van der Waals surface area contributed by atoms with Gasteiger partial charge in [0.2, 0.25) is 5.78 Å². The smallest absolute Gasteiger partial charge is 0.428 e. The maximum atomic E-state index is 11.3. The third kappa shape index (κ3) is 1.84. The highest BCUT2D eigenvalue weighted by molar-refractivity contribution is 6.35. The fraction of sp³-hybridized carbons (Fsp3) is 0.625. The van der Waals surface area contributed by atoms with E-state index in [-0.39, 0.29) is 0 Å². The lowest BCUT2D eigenvalue weighted by atomic mass is 10.4. The van der Waals surface area contributed by atoms with Crippen LogP contribution in [0.2, 0.25) is 0 Å². The van der Waals surface area contributed by atoms with Crippen LogP contribution in [0.4, 0.5) is 4.79 Å². The van der Waals surface area contributed by atoms with Crippen molar-refractivity contribution in [3.05, 3.63) is 0 Å². The number of ether oxygens (including phenoxy) is 1. The lowest BCUT2D eigenvalue weighted by molar-refractivity contribution is -0.150. The topological polar surface area (TPSA) is 66.9 Å². The Morgan fingerprint density at radius 1 is 1.14 bits per heavy atom. The predicted octanol–water partition coefficient (Wildman–Crippen LogP) is -0.209. The molecule has 1 rings (SSSR count). The van der Waals surface area contributed by atoms with Crippen LogP contribution in [0.3, 0.4) is 0 Å². The molecule has 1 aliphatic rings. The average molecular weight is 200 g/mol. The maximum absolute atomic E-state index is 11.3. The van der Waals surface area contributed by atoms with Gasteiger partial charge in [-0.25, -0.2) is 14.8 Å². The number of hydrogen-bond donors (Lipinski definition) is 0. The van der Waals surface area contributed by atoms with Crippen LogP contribution >= 0.6 is 0 Å². The van der Waals surface area contributed by atoms with E-state index in [9.17, 15) is 14.4 Å².